The molecule has 6 heteroatoms. The van der Waals surface area contributed by atoms with Crippen molar-refractivity contribution in [2.75, 3.05) is 17.2 Å². The Kier molecular flexibility index (Phi) is 4.89. The molecule has 20 heavy (non-hydrogen) atoms. The molecule has 0 fully saturated rings. The highest BCUT2D eigenvalue weighted by Crippen LogP contribution is 2.25. The summed E-state index contributed by atoms with van der Waals surface area (Å²) < 4.78 is 14.5. The van der Waals surface area contributed by atoms with E-state index in [0.29, 0.717) is 16.0 Å². The van der Waals surface area contributed by atoms with Crippen LogP contribution in [0.3, 0.4) is 0 Å². The Morgan fingerprint density at radius 1 is 1.25 bits per heavy atom. The molecule has 0 amide bonds. The van der Waals surface area contributed by atoms with E-state index in [9.17, 15) is 4.39 Å². The third kappa shape index (κ3) is 3.45. The van der Waals surface area contributed by atoms with Crippen molar-refractivity contribution in [3.8, 4) is 0 Å². The lowest BCUT2D eigenvalue weighted by molar-refractivity contribution is 0.631. The van der Waals surface area contributed by atoms with E-state index in [1.165, 1.54) is 12.4 Å². The molecular weight excluding hydrogens is 323 g/mol. The number of rotatable bonds is 5. The molecule has 2 rings (SSSR count). The number of benzene rings is 1. The van der Waals surface area contributed by atoms with Gasteiger partial charge in [0.2, 0.25) is 0 Å². The Morgan fingerprint density at radius 2 is 2.00 bits per heavy atom. The smallest absolute Gasteiger partial charge is 0.147 e. The first-order valence-corrected chi connectivity index (χ1v) is 7.18. The van der Waals surface area contributed by atoms with Crippen LogP contribution in [0, 0.1) is 12.7 Å². The van der Waals surface area contributed by atoms with Crippen molar-refractivity contribution in [2.45, 2.75) is 20.3 Å². The van der Waals surface area contributed by atoms with Crippen LogP contribution >= 0.6 is 15.9 Å². The van der Waals surface area contributed by atoms with Gasteiger partial charge in [0.1, 0.15) is 23.8 Å². The Balaban J connectivity index is 2.24. The molecule has 2 N–H and O–H groups in total. The number of aromatic nitrogens is 2. The van der Waals surface area contributed by atoms with Gasteiger partial charge in [-0.3, -0.25) is 0 Å². The lowest BCUT2D eigenvalue weighted by atomic mass is 10.2. The van der Waals surface area contributed by atoms with Crippen LogP contribution in [0.2, 0.25) is 0 Å². The maximum Gasteiger partial charge on any atom is 0.147 e. The van der Waals surface area contributed by atoms with Crippen LogP contribution in [0.5, 0.6) is 0 Å². The maximum absolute atomic E-state index is 13.8. The summed E-state index contributed by atoms with van der Waals surface area (Å²) in [5, 5.41) is 6.22. The zero-order valence-electron chi connectivity index (χ0n) is 11.4. The van der Waals surface area contributed by atoms with E-state index in [2.05, 4.69) is 43.5 Å². The van der Waals surface area contributed by atoms with Crippen molar-refractivity contribution >= 4 is 33.3 Å². The van der Waals surface area contributed by atoms with Gasteiger partial charge in [0.15, 0.2) is 0 Å². The number of hydrogen-bond donors (Lipinski definition) is 2. The Labute approximate surface area is 126 Å². The van der Waals surface area contributed by atoms with Crippen LogP contribution in [0.1, 0.15) is 18.9 Å². The average Bonchev–Trinajstić information content (AvgIpc) is 2.42. The zero-order chi connectivity index (χ0) is 14.5. The first-order chi connectivity index (χ1) is 9.61. The van der Waals surface area contributed by atoms with Gasteiger partial charge < -0.3 is 10.6 Å². The van der Waals surface area contributed by atoms with Gasteiger partial charge in [0.25, 0.3) is 0 Å². The summed E-state index contributed by atoms with van der Waals surface area (Å²) in [6.45, 7) is 4.82. The van der Waals surface area contributed by atoms with Crippen LogP contribution in [0.25, 0.3) is 0 Å². The van der Waals surface area contributed by atoms with Gasteiger partial charge >= 0.3 is 0 Å². The van der Waals surface area contributed by atoms with Crippen molar-refractivity contribution in [1.82, 2.24) is 9.97 Å². The van der Waals surface area contributed by atoms with Crippen LogP contribution in [-0.4, -0.2) is 16.5 Å². The highest BCUT2D eigenvalue weighted by Gasteiger charge is 2.09. The van der Waals surface area contributed by atoms with Gasteiger partial charge in [-0.15, -0.1) is 0 Å². The summed E-state index contributed by atoms with van der Waals surface area (Å²) in [5.74, 6) is 1.03. The topological polar surface area (TPSA) is 49.8 Å². The largest absolute Gasteiger partial charge is 0.370 e. The van der Waals surface area contributed by atoms with Crippen molar-refractivity contribution < 1.29 is 4.39 Å². The van der Waals surface area contributed by atoms with Crippen LogP contribution in [0.15, 0.2) is 29.0 Å². The molecule has 1 aromatic heterocycles. The molecule has 0 radical (unpaired) electrons. The first-order valence-electron chi connectivity index (χ1n) is 6.39. The summed E-state index contributed by atoms with van der Waals surface area (Å²) in [5.41, 5.74) is 1.25. The highest BCUT2D eigenvalue weighted by atomic mass is 79.9. The summed E-state index contributed by atoms with van der Waals surface area (Å²) in [7, 11) is 0. The number of nitrogens with one attached hydrogen (secondary N) is 2. The molecule has 0 saturated heterocycles. The molecular formula is C14H16BrFN4. The summed E-state index contributed by atoms with van der Waals surface area (Å²) in [6.07, 6.45) is 2.47. The van der Waals surface area contributed by atoms with Gasteiger partial charge in [-0.1, -0.05) is 22.9 Å². The molecule has 106 valence electrons. The van der Waals surface area contributed by atoms with Gasteiger partial charge in [-0.05, 0) is 31.5 Å². The molecule has 0 unspecified atom stereocenters. The van der Waals surface area contributed by atoms with E-state index in [1.807, 2.05) is 6.92 Å². The summed E-state index contributed by atoms with van der Waals surface area (Å²) in [6, 6.07) is 4.85. The third-order valence-corrected chi connectivity index (χ3v) is 3.30. The monoisotopic (exact) mass is 338 g/mol. The molecule has 0 aliphatic heterocycles. The highest BCUT2D eigenvalue weighted by molar-refractivity contribution is 9.10. The van der Waals surface area contributed by atoms with Gasteiger partial charge in [-0.2, -0.15) is 0 Å². The number of hydrogen-bond acceptors (Lipinski definition) is 4. The predicted octanol–water partition coefficient (Wildman–Crippen LogP) is 4.25. The molecule has 0 aliphatic rings. The van der Waals surface area contributed by atoms with Crippen molar-refractivity contribution in [3.63, 3.8) is 0 Å². The molecule has 0 aliphatic carbocycles. The van der Waals surface area contributed by atoms with E-state index in [-0.39, 0.29) is 5.82 Å². The quantitative estimate of drug-likeness (QED) is 0.855. The Bertz CT molecular complexity index is 604. The second-order valence-corrected chi connectivity index (χ2v) is 5.29. The van der Waals surface area contributed by atoms with Gasteiger partial charge in [0.05, 0.1) is 5.69 Å². The molecule has 0 atom stereocenters. The van der Waals surface area contributed by atoms with E-state index in [4.69, 9.17) is 0 Å². The predicted molar refractivity (Wildman–Crippen MR) is 82.9 cm³/mol. The normalized spacial score (nSPS) is 10.4. The van der Waals surface area contributed by atoms with Crippen molar-refractivity contribution in [2.24, 2.45) is 0 Å². The van der Waals surface area contributed by atoms with Crippen LogP contribution < -0.4 is 10.6 Å². The van der Waals surface area contributed by atoms with Crippen LogP contribution in [-0.2, 0) is 0 Å². The average molecular weight is 339 g/mol. The Hall–Kier alpha value is -1.69. The minimum absolute atomic E-state index is 0.333. The standard InChI is InChI=1S/C14H16BrFN4/c1-3-6-17-13-9(2)14(19-8-18-13)20-12-5-4-10(15)7-11(12)16/h4-5,7-8H,3,6H2,1-2H3,(H2,17,18,19,20). The zero-order valence-corrected chi connectivity index (χ0v) is 13.0. The molecule has 2 aromatic rings. The van der Waals surface area contributed by atoms with Gasteiger partial charge in [0, 0.05) is 16.6 Å². The molecule has 0 bridgehead atoms. The van der Waals surface area contributed by atoms with E-state index >= 15 is 0 Å². The van der Waals surface area contributed by atoms with E-state index in [1.54, 1.807) is 12.1 Å². The Morgan fingerprint density at radius 3 is 2.70 bits per heavy atom. The maximum atomic E-state index is 13.8. The molecule has 0 spiro atoms. The summed E-state index contributed by atoms with van der Waals surface area (Å²) >= 11 is 3.23. The number of anilines is 3. The number of halogens is 2. The minimum atomic E-state index is -0.333. The van der Waals surface area contributed by atoms with Crippen molar-refractivity contribution in [3.05, 3.63) is 40.4 Å². The molecule has 0 saturated carbocycles. The van der Waals surface area contributed by atoms with Gasteiger partial charge in [-0.25, -0.2) is 14.4 Å². The fourth-order valence-corrected chi connectivity index (χ4v) is 2.05. The second kappa shape index (κ2) is 6.65. The first kappa shape index (κ1) is 14.7. The minimum Gasteiger partial charge on any atom is -0.370 e. The second-order valence-electron chi connectivity index (χ2n) is 4.37. The molecule has 1 aromatic carbocycles. The number of nitrogens with zero attached hydrogens (tertiary/aromatic N) is 2. The SMILES string of the molecule is CCCNc1ncnc(Nc2ccc(Br)cc2F)c1C. The fourth-order valence-electron chi connectivity index (χ4n) is 1.72. The summed E-state index contributed by atoms with van der Waals surface area (Å²) in [4.78, 5) is 8.36. The lowest BCUT2D eigenvalue weighted by Gasteiger charge is -2.13. The molecule has 1 heterocycles. The fraction of sp³-hybridized carbons (Fsp3) is 0.286. The van der Waals surface area contributed by atoms with Crippen LogP contribution in [0.4, 0.5) is 21.7 Å². The van der Waals surface area contributed by atoms with Crippen molar-refractivity contribution in [1.29, 1.82) is 0 Å². The van der Waals surface area contributed by atoms with E-state index < -0.39 is 0 Å². The van der Waals surface area contributed by atoms with E-state index in [0.717, 1.165) is 24.3 Å². The lowest BCUT2D eigenvalue weighted by Crippen LogP contribution is -2.07. The third-order valence-electron chi connectivity index (χ3n) is 2.81. The molecule has 4 nitrogen and oxygen atoms in total.